The molecule has 1 fully saturated rings. The highest BCUT2D eigenvalue weighted by molar-refractivity contribution is 5.85. The summed E-state index contributed by atoms with van der Waals surface area (Å²) in [6.07, 6.45) is 1.86. The predicted octanol–water partition coefficient (Wildman–Crippen LogP) is 0.896. The highest BCUT2D eigenvalue weighted by Crippen LogP contribution is 2.20. The van der Waals surface area contributed by atoms with E-state index in [2.05, 4.69) is 4.90 Å². The molecule has 0 aliphatic carbocycles. The van der Waals surface area contributed by atoms with Gasteiger partial charge in [0.05, 0.1) is 5.92 Å². The first kappa shape index (κ1) is 15.0. The van der Waals surface area contributed by atoms with Gasteiger partial charge in [-0.05, 0) is 32.4 Å². The number of carboxylic acids is 1. The van der Waals surface area contributed by atoms with Crippen LogP contribution in [0.25, 0.3) is 0 Å². The molecule has 5 nitrogen and oxygen atoms in total. The summed E-state index contributed by atoms with van der Waals surface area (Å²) in [5, 5.41) is 9.21. The fraction of sp³-hybridized carbons (Fsp3) is 0.846. The van der Waals surface area contributed by atoms with Gasteiger partial charge in [-0.25, -0.2) is 4.79 Å². The second-order valence-corrected chi connectivity index (χ2v) is 5.58. The molecule has 1 aliphatic rings. The van der Waals surface area contributed by atoms with Crippen LogP contribution in [-0.4, -0.2) is 60.0 Å². The van der Waals surface area contributed by atoms with E-state index in [0.717, 1.165) is 25.9 Å². The topological polar surface area (TPSA) is 60.9 Å². The summed E-state index contributed by atoms with van der Waals surface area (Å²) in [6, 6.07) is -0.732. The number of likely N-dealkylation sites (N-methyl/N-ethyl adjacent to an activating group) is 1. The van der Waals surface area contributed by atoms with E-state index in [1.807, 2.05) is 20.9 Å². The van der Waals surface area contributed by atoms with Crippen LogP contribution in [0.5, 0.6) is 0 Å². The number of carboxylic acid groups (broad SMARTS) is 1. The van der Waals surface area contributed by atoms with Crippen LogP contribution in [0.3, 0.4) is 0 Å². The number of likely N-dealkylation sites (tertiary alicyclic amines) is 1. The molecule has 0 radical (unpaired) electrons. The number of amides is 1. The van der Waals surface area contributed by atoms with Gasteiger partial charge in [0.25, 0.3) is 0 Å². The predicted molar refractivity (Wildman–Crippen MR) is 69.3 cm³/mol. The molecule has 1 rings (SSSR count). The van der Waals surface area contributed by atoms with Crippen molar-refractivity contribution < 1.29 is 14.7 Å². The van der Waals surface area contributed by atoms with Crippen molar-refractivity contribution in [2.75, 3.05) is 27.2 Å². The molecule has 18 heavy (non-hydrogen) atoms. The lowest BCUT2D eigenvalue weighted by molar-refractivity contribution is -0.153. The summed E-state index contributed by atoms with van der Waals surface area (Å²) in [4.78, 5) is 27.1. The zero-order chi connectivity index (χ0) is 13.9. The highest BCUT2D eigenvalue weighted by Gasteiger charge is 2.34. The Hall–Kier alpha value is -1.10. The van der Waals surface area contributed by atoms with E-state index >= 15 is 0 Å². The number of rotatable bonds is 4. The maximum Gasteiger partial charge on any atom is 0.326 e. The van der Waals surface area contributed by atoms with Gasteiger partial charge in [-0.2, -0.15) is 0 Å². The van der Waals surface area contributed by atoms with Crippen molar-refractivity contribution in [3.05, 3.63) is 0 Å². The Morgan fingerprint density at radius 2 is 2.00 bits per heavy atom. The maximum atomic E-state index is 12.3. The largest absolute Gasteiger partial charge is 0.480 e. The van der Waals surface area contributed by atoms with E-state index in [9.17, 15) is 14.7 Å². The first-order valence-electron chi connectivity index (χ1n) is 6.52. The molecule has 0 aromatic heterocycles. The Kier molecular flexibility index (Phi) is 5.14. The van der Waals surface area contributed by atoms with Crippen molar-refractivity contribution in [2.24, 2.45) is 11.8 Å². The highest BCUT2D eigenvalue weighted by atomic mass is 16.4. The zero-order valence-electron chi connectivity index (χ0n) is 11.7. The van der Waals surface area contributed by atoms with Gasteiger partial charge in [-0.15, -0.1) is 0 Å². The van der Waals surface area contributed by atoms with Crippen LogP contribution in [0, 0.1) is 11.8 Å². The van der Waals surface area contributed by atoms with Crippen molar-refractivity contribution in [3.8, 4) is 0 Å². The van der Waals surface area contributed by atoms with Gasteiger partial charge in [0.15, 0.2) is 0 Å². The third-order valence-electron chi connectivity index (χ3n) is 3.62. The van der Waals surface area contributed by atoms with Crippen LogP contribution < -0.4 is 0 Å². The van der Waals surface area contributed by atoms with Crippen LogP contribution in [0.15, 0.2) is 0 Å². The van der Waals surface area contributed by atoms with Gasteiger partial charge in [0.1, 0.15) is 6.04 Å². The average molecular weight is 256 g/mol. The lowest BCUT2D eigenvalue weighted by Crippen LogP contribution is -2.50. The summed E-state index contributed by atoms with van der Waals surface area (Å²) >= 11 is 0. The molecular formula is C13H24N2O3. The van der Waals surface area contributed by atoms with E-state index in [-0.39, 0.29) is 17.7 Å². The number of carbonyl (C=O) groups is 2. The average Bonchev–Trinajstić information content (AvgIpc) is 2.26. The molecule has 104 valence electrons. The number of carbonyl (C=O) groups excluding carboxylic acids is 1. The Labute approximate surface area is 109 Å². The lowest BCUT2D eigenvalue weighted by Gasteiger charge is -2.34. The maximum absolute atomic E-state index is 12.3. The quantitative estimate of drug-likeness (QED) is 0.811. The van der Waals surface area contributed by atoms with E-state index in [1.165, 1.54) is 4.90 Å². The minimum Gasteiger partial charge on any atom is -0.480 e. The van der Waals surface area contributed by atoms with Gasteiger partial charge in [0.2, 0.25) is 5.91 Å². The van der Waals surface area contributed by atoms with Gasteiger partial charge in [0, 0.05) is 13.6 Å². The molecule has 2 atom stereocenters. The minimum atomic E-state index is -0.926. The number of hydrogen-bond acceptors (Lipinski definition) is 3. The van der Waals surface area contributed by atoms with Gasteiger partial charge < -0.3 is 14.9 Å². The molecule has 0 spiro atoms. The first-order valence-corrected chi connectivity index (χ1v) is 6.52. The minimum absolute atomic E-state index is 0.0392. The van der Waals surface area contributed by atoms with Crippen molar-refractivity contribution in [2.45, 2.75) is 32.7 Å². The number of hydrogen-bond donors (Lipinski definition) is 1. The van der Waals surface area contributed by atoms with Gasteiger partial charge in [-0.3, -0.25) is 4.79 Å². The SMILES string of the molecule is CC(C)C(C(=O)O)N(C)C(=O)C1CCCN(C)C1. The fourth-order valence-corrected chi connectivity index (χ4v) is 2.69. The Bertz CT molecular complexity index is 317. The fourth-order valence-electron chi connectivity index (χ4n) is 2.69. The molecule has 2 unspecified atom stereocenters. The van der Waals surface area contributed by atoms with Crippen molar-refractivity contribution in [3.63, 3.8) is 0 Å². The van der Waals surface area contributed by atoms with Crippen molar-refractivity contribution in [1.29, 1.82) is 0 Å². The van der Waals surface area contributed by atoms with Crippen LogP contribution in [0.1, 0.15) is 26.7 Å². The molecule has 1 saturated heterocycles. The molecule has 1 heterocycles. The Morgan fingerprint density at radius 1 is 1.39 bits per heavy atom. The third-order valence-corrected chi connectivity index (χ3v) is 3.62. The zero-order valence-corrected chi connectivity index (χ0v) is 11.7. The second-order valence-electron chi connectivity index (χ2n) is 5.58. The monoisotopic (exact) mass is 256 g/mol. The van der Waals surface area contributed by atoms with E-state index in [1.54, 1.807) is 7.05 Å². The van der Waals surface area contributed by atoms with Crippen LogP contribution in [0.2, 0.25) is 0 Å². The summed E-state index contributed by atoms with van der Waals surface area (Å²) in [6.45, 7) is 5.40. The van der Waals surface area contributed by atoms with E-state index in [4.69, 9.17) is 0 Å². The van der Waals surface area contributed by atoms with Gasteiger partial charge in [-0.1, -0.05) is 13.8 Å². The van der Waals surface area contributed by atoms with Crippen LogP contribution in [0.4, 0.5) is 0 Å². The summed E-state index contributed by atoms with van der Waals surface area (Å²) in [7, 11) is 3.60. The molecular weight excluding hydrogens is 232 g/mol. The molecule has 0 saturated carbocycles. The van der Waals surface area contributed by atoms with Gasteiger partial charge >= 0.3 is 5.97 Å². The third kappa shape index (κ3) is 3.45. The number of aliphatic carboxylic acids is 1. The van der Waals surface area contributed by atoms with Crippen LogP contribution >= 0.6 is 0 Å². The smallest absolute Gasteiger partial charge is 0.326 e. The van der Waals surface area contributed by atoms with Crippen molar-refractivity contribution >= 4 is 11.9 Å². The lowest BCUT2D eigenvalue weighted by atomic mass is 9.95. The van der Waals surface area contributed by atoms with E-state index < -0.39 is 12.0 Å². The summed E-state index contributed by atoms with van der Waals surface area (Å²) in [5.41, 5.74) is 0. The Balaban J connectivity index is 2.72. The Morgan fingerprint density at radius 3 is 2.44 bits per heavy atom. The molecule has 0 aromatic carbocycles. The number of piperidine rings is 1. The molecule has 1 N–H and O–H groups in total. The molecule has 1 amide bonds. The molecule has 5 heteroatoms. The molecule has 1 aliphatic heterocycles. The summed E-state index contributed by atoms with van der Waals surface area (Å²) < 4.78 is 0. The second kappa shape index (κ2) is 6.18. The normalized spacial score (nSPS) is 22.8. The van der Waals surface area contributed by atoms with E-state index in [0.29, 0.717) is 0 Å². The molecule has 0 bridgehead atoms. The number of nitrogens with zero attached hydrogens (tertiary/aromatic N) is 2. The summed E-state index contributed by atoms with van der Waals surface area (Å²) in [5.74, 6) is -1.11. The molecule has 0 aromatic rings. The standard InChI is InChI=1S/C13H24N2O3/c1-9(2)11(13(17)18)15(4)12(16)10-6-5-7-14(3)8-10/h9-11H,5-8H2,1-4H3,(H,17,18). The van der Waals surface area contributed by atoms with Crippen molar-refractivity contribution in [1.82, 2.24) is 9.80 Å². The van der Waals surface area contributed by atoms with Crippen LogP contribution in [-0.2, 0) is 9.59 Å². The first-order chi connectivity index (χ1) is 8.34.